The number of carbonyl (C=O) groups excluding carboxylic acids is 1. The van der Waals surface area contributed by atoms with E-state index in [9.17, 15) is 4.79 Å². The summed E-state index contributed by atoms with van der Waals surface area (Å²) in [7, 11) is 3.59. The van der Waals surface area contributed by atoms with Crippen LogP contribution in [0.1, 0.15) is 12.7 Å². The second kappa shape index (κ2) is 6.80. The Kier molecular flexibility index (Phi) is 4.60. The van der Waals surface area contributed by atoms with Gasteiger partial charge in [-0.15, -0.1) is 11.8 Å². The highest BCUT2D eigenvalue weighted by Gasteiger charge is 2.53. The third-order valence-corrected chi connectivity index (χ3v) is 6.31. The van der Waals surface area contributed by atoms with E-state index < -0.39 is 5.54 Å². The first-order chi connectivity index (χ1) is 12.9. The van der Waals surface area contributed by atoms with E-state index in [0.717, 1.165) is 39.0 Å². The van der Waals surface area contributed by atoms with Gasteiger partial charge in [-0.2, -0.15) is 0 Å². The van der Waals surface area contributed by atoms with Crippen LogP contribution in [-0.2, 0) is 9.53 Å². The van der Waals surface area contributed by atoms with Crippen molar-refractivity contribution < 1.29 is 18.7 Å². The Morgan fingerprint density at radius 2 is 2.07 bits per heavy atom. The molecule has 0 atom stereocenters. The van der Waals surface area contributed by atoms with Gasteiger partial charge in [-0.05, 0) is 38.1 Å². The number of nitrogens with zero attached hydrogens (tertiary/aromatic N) is 2. The zero-order valence-corrected chi connectivity index (χ0v) is 16.9. The normalized spacial score (nSPS) is 18.7. The molecule has 2 aliphatic rings. The maximum atomic E-state index is 12.7. The van der Waals surface area contributed by atoms with E-state index in [4.69, 9.17) is 13.9 Å². The number of thioether (sulfide) groups is 1. The monoisotopic (exact) mass is 388 g/mol. The van der Waals surface area contributed by atoms with Crippen LogP contribution in [0, 0.1) is 6.92 Å². The standard InChI is InChI=1S/C20H24N2O4S/c1-13-7-15-8-16(5-6-17(15)26-13)25-9-18-14(2)22(12-27-18)20(10-24-11-20)19(23)21(3)4/h5-8H,9-12H2,1-4H3. The molecule has 0 N–H and O–H groups in total. The van der Waals surface area contributed by atoms with Crippen molar-refractivity contribution >= 4 is 28.6 Å². The number of hydrogen-bond acceptors (Lipinski definition) is 6. The van der Waals surface area contributed by atoms with Crippen molar-refractivity contribution in [1.82, 2.24) is 9.80 Å². The quantitative estimate of drug-likeness (QED) is 0.784. The van der Waals surface area contributed by atoms with Gasteiger partial charge in [0.05, 0.1) is 19.1 Å². The van der Waals surface area contributed by atoms with Crippen LogP contribution in [0.3, 0.4) is 0 Å². The van der Waals surface area contributed by atoms with Crippen molar-refractivity contribution in [3.8, 4) is 5.75 Å². The number of rotatable bonds is 5. The summed E-state index contributed by atoms with van der Waals surface area (Å²) in [6.45, 7) is 5.36. The fraction of sp³-hybridized carbons (Fsp3) is 0.450. The van der Waals surface area contributed by atoms with E-state index in [1.807, 2.05) is 31.2 Å². The number of fused-ring (bicyclic) bond motifs is 1. The van der Waals surface area contributed by atoms with Crippen molar-refractivity contribution in [3.63, 3.8) is 0 Å². The molecule has 0 radical (unpaired) electrons. The summed E-state index contributed by atoms with van der Waals surface area (Å²) in [5.41, 5.74) is 1.39. The molecule has 0 bridgehead atoms. The molecular formula is C20H24N2O4S. The average molecular weight is 388 g/mol. The number of likely N-dealkylation sites (N-methyl/N-ethyl adjacent to an activating group) is 1. The lowest BCUT2D eigenvalue weighted by atomic mass is 9.93. The SMILES string of the molecule is CC1=C(COc2ccc3oc(C)cc3c2)SCN1C1(C(=O)N(C)C)COC1. The first-order valence-corrected chi connectivity index (χ1v) is 9.92. The van der Waals surface area contributed by atoms with Gasteiger partial charge in [0.15, 0.2) is 5.54 Å². The third-order valence-electron chi connectivity index (χ3n) is 5.16. The molecule has 0 saturated carbocycles. The molecule has 0 aliphatic carbocycles. The number of hydrogen-bond donors (Lipinski definition) is 0. The molecule has 1 aromatic carbocycles. The Morgan fingerprint density at radius 3 is 2.74 bits per heavy atom. The van der Waals surface area contributed by atoms with E-state index in [1.54, 1.807) is 30.8 Å². The smallest absolute Gasteiger partial charge is 0.252 e. The van der Waals surface area contributed by atoms with E-state index in [0.29, 0.717) is 19.8 Å². The average Bonchev–Trinajstić information content (AvgIpc) is 3.14. The highest BCUT2D eigenvalue weighted by molar-refractivity contribution is 8.03. The highest BCUT2D eigenvalue weighted by Crippen LogP contribution is 2.41. The van der Waals surface area contributed by atoms with E-state index in [1.165, 1.54) is 0 Å². The van der Waals surface area contributed by atoms with Crippen LogP contribution < -0.4 is 4.74 Å². The van der Waals surface area contributed by atoms with Crippen LogP contribution >= 0.6 is 11.8 Å². The Bertz CT molecular complexity index is 914. The molecule has 6 nitrogen and oxygen atoms in total. The van der Waals surface area contributed by atoms with Crippen LogP contribution in [0.15, 0.2) is 39.3 Å². The number of carbonyl (C=O) groups is 1. The largest absolute Gasteiger partial charge is 0.488 e. The number of allylic oxidation sites excluding steroid dienone is 1. The van der Waals surface area contributed by atoms with Gasteiger partial charge in [-0.3, -0.25) is 4.79 Å². The highest BCUT2D eigenvalue weighted by atomic mass is 32.2. The molecule has 1 aromatic heterocycles. The number of ether oxygens (including phenoxy) is 2. The second-order valence-electron chi connectivity index (χ2n) is 7.28. The Labute approximate surface area is 163 Å². The molecule has 144 valence electrons. The van der Waals surface area contributed by atoms with E-state index >= 15 is 0 Å². The minimum Gasteiger partial charge on any atom is -0.488 e. The van der Waals surface area contributed by atoms with Gasteiger partial charge in [0.2, 0.25) is 0 Å². The maximum Gasteiger partial charge on any atom is 0.252 e. The molecule has 3 heterocycles. The Balaban J connectivity index is 1.49. The van der Waals surface area contributed by atoms with Crippen molar-refractivity contribution in [2.24, 2.45) is 0 Å². The van der Waals surface area contributed by atoms with Gasteiger partial charge in [-0.1, -0.05) is 0 Å². The summed E-state index contributed by atoms with van der Waals surface area (Å²) in [6, 6.07) is 7.86. The van der Waals surface area contributed by atoms with Crippen LogP contribution in [0.4, 0.5) is 0 Å². The maximum absolute atomic E-state index is 12.7. The van der Waals surface area contributed by atoms with Crippen molar-refractivity contribution in [2.75, 3.05) is 39.8 Å². The van der Waals surface area contributed by atoms with Crippen LogP contribution in [0.25, 0.3) is 11.0 Å². The molecule has 1 amide bonds. The molecule has 7 heteroatoms. The predicted molar refractivity (Wildman–Crippen MR) is 106 cm³/mol. The molecular weight excluding hydrogens is 364 g/mol. The summed E-state index contributed by atoms with van der Waals surface area (Å²) in [6.07, 6.45) is 0. The zero-order valence-electron chi connectivity index (χ0n) is 16.1. The summed E-state index contributed by atoms with van der Waals surface area (Å²) < 4.78 is 17.0. The lowest BCUT2D eigenvalue weighted by molar-refractivity contribution is -0.171. The third kappa shape index (κ3) is 3.08. The summed E-state index contributed by atoms with van der Waals surface area (Å²) in [4.78, 5) is 17.7. The number of amides is 1. The van der Waals surface area contributed by atoms with Crippen molar-refractivity contribution in [3.05, 3.63) is 40.6 Å². The molecule has 4 rings (SSSR count). The minimum atomic E-state index is -0.574. The fourth-order valence-electron chi connectivity index (χ4n) is 3.58. The van der Waals surface area contributed by atoms with Crippen molar-refractivity contribution in [2.45, 2.75) is 19.4 Å². The molecule has 27 heavy (non-hydrogen) atoms. The molecule has 1 fully saturated rings. The fourth-order valence-corrected chi connectivity index (χ4v) is 4.77. The van der Waals surface area contributed by atoms with Gasteiger partial charge in [0.25, 0.3) is 5.91 Å². The Hall–Kier alpha value is -2.12. The molecule has 0 spiro atoms. The van der Waals surface area contributed by atoms with Gasteiger partial charge in [-0.25, -0.2) is 0 Å². The second-order valence-corrected chi connectivity index (χ2v) is 8.32. The Morgan fingerprint density at radius 1 is 1.30 bits per heavy atom. The van der Waals surface area contributed by atoms with Crippen molar-refractivity contribution in [1.29, 1.82) is 0 Å². The first-order valence-electron chi connectivity index (χ1n) is 8.93. The van der Waals surface area contributed by atoms with Gasteiger partial charge >= 0.3 is 0 Å². The molecule has 2 aromatic rings. The first kappa shape index (κ1) is 18.3. The van der Waals surface area contributed by atoms with E-state index in [-0.39, 0.29) is 5.91 Å². The zero-order chi connectivity index (χ0) is 19.2. The topological polar surface area (TPSA) is 55.2 Å². The number of benzene rings is 1. The van der Waals surface area contributed by atoms with E-state index in [2.05, 4.69) is 11.8 Å². The van der Waals surface area contributed by atoms with Crippen LogP contribution in [0.2, 0.25) is 0 Å². The minimum absolute atomic E-state index is 0.0941. The van der Waals surface area contributed by atoms with Gasteiger partial charge in [0, 0.05) is 30.1 Å². The van der Waals surface area contributed by atoms with Gasteiger partial charge < -0.3 is 23.7 Å². The molecule has 2 aliphatic heterocycles. The van der Waals surface area contributed by atoms with Gasteiger partial charge in [0.1, 0.15) is 23.7 Å². The lowest BCUT2D eigenvalue weighted by Gasteiger charge is -2.48. The van der Waals surface area contributed by atoms with Crippen LogP contribution in [-0.4, -0.2) is 61.0 Å². The number of aryl methyl sites for hydroxylation is 1. The summed E-state index contributed by atoms with van der Waals surface area (Å²) in [5.74, 6) is 2.54. The molecule has 0 unspecified atom stereocenters. The number of furan rings is 1. The summed E-state index contributed by atoms with van der Waals surface area (Å²) >= 11 is 1.73. The molecule has 1 saturated heterocycles. The lowest BCUT2D eigenvalue weighted by Crippen LogP contribution is -2.68. The van der Waals surface area contributed by atoms with Crippen LogP contribution in [0.5, 0.6) is 5.75 Å². The predicted octanol–water partition coefficient (Wildman–Crippen LogP) is 3.22. The summed E-state index contributed by atoms with van der Waals surface area (Å²) in [5, 5.41) is 1.04.